The second kappa shape index (κ2) is 4.09. The van der Waals surface area contributed by atoms with E-state index in [-0.39, 0.29) is 12.5 Å². The number of aliphatic hydroxyl groups excluding tert-OH is 1. The lowest BCUT2D eigenvalue weighted by Gasteiger charge is -2.02. The maximum Gasteiger partial charge on any atom is 0.0509 e. The zero-order valence-electron chi connectivity index (χ0n) is 4.85. The summed E-state index contributed by atoms with van der Waals surface area (Å²) in [5.74, 6) is 0.282. The van der Waals surface area contributed by atoms with E-state index in [1.807, 2.05) is 6.92 Å². The Hall–Kier alpha value is -0.0800. The van der Waals surface area contributed by atoms with E-state index in [1.54, 1.807) is 7.11 Å². The average Bonchev–Trinajstić information content (AvgIpc) is 1.68. The van der Waals surface area contributed by atoms with Crippen molar-refractivity contribution in [2.24, 2.45) is 5.92 Å². The van der Waals surface area contributed by atoms with Crippen molar-refractivity contribution < 1.29 is 9.84 Å². The largest absolute Gasteiger partial charge is 0.396 e. The molecule has 1 N–H and O–H groups in total. The zero-order valence-corrected chi connectivity index (χ0v) is 4.85. The molecular weight excluding hydrogens is 92.1 g/mol. The van der Waals surface area contributed by atoms with Crippen LogP contribution >= 0.6 is 0 Å². The Morgan fingerprint density at radius 2 is 2.29 bits per heavy atom. The third-order valence-corrected chi connectivity index (χ3v) is 0.763. The lowest BCUT2D eigenvalue weighted by atomic mass is 10.2. The molecule has 0 aromatic carbocycles. The number of hydrogen-bond acceptors (Lipinski definition) is 2. The molecule has 7 heavy (non-hydrogen) atoms. The van der Waals surface area contributed by atoms with Crippen molar-refractivity contribution in [3.8, 4) is 0 Å². The molecule has 0 amide bonds. The molecule has 0 aliphatic carbocycles. The van der Waals surface area contributed by atoms with Crippen molar-refractivity contribution in [3.63, 3.8) is 0 Å². The number of aliphatic hydroxyl groups is 1. The lowest BCUT2D eigenvalue weighted by Crippen LogP contribution is -2.07. The van der Waals surface area contributed by atoms with Crippen LogP contribution in [0.15, 0.2) is 0 Å². The molecule has 2 nitrogen and oxygen atoms in total. The molecule has 0 bridgehead atoms. The molecule has 0 aromatic heterocycles. The second-order valence-corrected chi connectivity index (χ2v) is 1.74. The van der Waals surface area contributed by atoms with Gasteiger partial charge in [-0.3, -0.25) is 0 Å². The Kier molecular flexibility index (Phi) is 4.04. The topological polar surface area (TPSA) is 29.5 Å². The first-order valence-corrected chi connectivity index (χ1v) is 2.41. The quantitative estimate of drug-likeness (QED) is 0.556. The SMILES string of the molecule is COC[C@@H](C)CO. The van der Waals surface area contributed by atoms with Gasteiger partial charge < -0.3 is 9.84 Å². The molecule has 0 saturated heterocycles. The van der Waals surface area contributed by atoms with E-state index in [4.69, 9.17) is 9.84 Å². The molecule has 0 radical (unpaired) electrons. The molecule has 0 fully saturated rings. The van der Waals surface area contributed by atoms with Gasteiger partial charge in [-0.15, -0.1) is 0 Å². The Morgan fingerprint density at radius 1 is 1.71 bits per heavy atom. The molecule has 2 heteroatoms. The molecule has 0 rings (SSSR count). The fourth-order valence-corrected chi connectivity index (χ4v) is 0.337. The van der Waals surface area contributed by atoms with Crippen LogP contribution in [0.4, 0.5) is 0 Å². The van der Waals surface area contributed by atoms with E-state index in [0.717, 1.165) is 0 Å². The minimum atomic E-state index is 0.216. The summed E-state index contributed by atoms with van der Waals surface area (Å²) in [5.41, 5.74) is 0. The summed E-state index contributed by atoms with van der Waals surface area (Å²) in [6, 6.07) is 0. The van der Waals surface area contributed by atoms with Gasteiger partial charge in [0.1, 0.15) is 0 Å². The normalized spacial score (nSPS) is 14.1. The summed E-state index contributed by atoms with van der Waals surface area (Å²) in [5, 5.41) is 8.39. The fraction of sp³-hybridized carbons (Fsp3) is 1.00. The summed E-state index contributed by atoms with van der Waals surface area (Å²) >= 11 is 0. The van der Waals surface area contributed by atoms with Gasteiger partial charge in [0.2, 0.25) is 0 Å². The van der Waals surface area contributed by atoms with E-state index in [9.17, 15) is 0 Å². The number of rotatable bonds is 3. The average molecular weight is 104 g/mol. The van der Waals surface area contributed by atoms with Crippen molar-refractivity contribution in [1.29, 1.82) is 0 Å². The zero-order chi connectivity index (χ0) is 5.70. The van der Waals surface area contributed by atoms with Gasteiger partial charge in [-0.1, -0.05) is 6.92 Å². The van der Waals surface area contributed by atoms with Gasteiger partial charge in [0.25, 0.3) is 0 Å². The van der Waals surface area contributed by atoms with Gasteiger partial charge in [0, 0.05) is 19.6 Å². The molecule has 0 unspecified atom stereocenters. The minimum absolute atomic E-state index is 0.216. The highest BCUT2D eigenvalue weighted by Crippen LogP contribution is 1.89. The van der Waals surface area contributed by atoms with Crippen LogP contribution in [0.1, 0.15) is 6.92 Å². The molecule has 0 aromatic rings. The monoisotopic (exact) mass is 104 g/mol. The predicted octanol–water partition coefficient (Wildman–Crippen LogP) is 0.261. The maximum atomic E-state index is 8.39. The van der Waals surface area contributed by atoms with Crippen LogP contribution in [0.3, 0.4) is 0 Å². The molecule has 44 valence electrons. The molecule has 0 heterocycles. The van der Waals surface area contributed by atoms with Crippen LogP contribution in [0.2, 0.25) is 0 Å². The van der Waals surface area contributed by atoms with Crippen LogP contribution in [0.5, 0.6) is 0 Å². The molecule has 0 spiro atoms. The van der Waals surface area contributed by atoms with Crippen LogP contribution in [-0.4, -0.2) is 25.4 Å². The van der Waals surface area contributed by atoms with E-state index in [2.05, 4.69) is 0 Å². The van der Waals surface area contributed by atoms with Crippen LogP contribution in [-0.2, 0) is 4.74 Å². The summed E-state index contributed by atoms with van der Waals surface area (Å²) in [6.45, 7) is 2.80. The van der Waals surface area contributed by atoms with Crippen molar-refractivity contribution in [3.05, 3.63) is 0 Å². The molecule has 0 aliphatic rings. The van der Waals surface area contributed by atoms with Gasteiger partial charge in [0.15, 0.2) is 0 Å². The highest BCUT2D eigenvalue weighted by Gasteiger charge is 1.94. The smallest absolute Gasteiger partial charge is 0.0509 e. The second-order valence-electron chi connectivity index (χ2n) is 1.74. The number of ether oxygens (including phenoxy) is 1. The van der Waals surface area contributed by atoms with Crippen LogP contribution in [0.25, 0.3) is 0 Å². The van der Waals surface area contributed by atoms with Crippen LogP contribution in [0, 0.1) is 5.92 Å². The third kappa shape index (κ3) is 3.76. The summed E-state index contributed by atoms with van der Waals surface area (Å²) in [7, 11) is 1.63. The number of hydrogen-bond donors (Lipinski definition) is 1. The Morgan fingerprint density at radius 3 is 2.43 bits per heavy atom. The van der Waals surface area contributed by atoms with E-state index >= 15 is 0 Å². The Bertz CT molecular complexity index is 37.1. The van der Waals surface area contributed by atoms with Crippen LogP contribution < -0.4 is 0 Å². The highest BCUT2D eigenvalue weighted by molar-refractivity contribution is 4.43. The highest BCUT2D eigenvalue weighted by atomic mass is 16.5. The molecule has 0 saturated carbocycles. The van der Waals surface area contributed by atoms with Crippen molar-refractivity contribution >= 4 is 0 Å². The Balaban J connectivity index is 2.83. The number of methoxy groups -OCH3 is 1. The van der Waals surface area contributed by atoms with Gasteiger partial charge >= 0.3 is 0 Å². The molecule has 1 atom stereocenters. The molecule has 0 aliphatic heterocycles. The van der Waals surface area contributed by atoms with Gasteiger partial charge in [-0.05, 0) is 0 Å². The first-order valence-electron chi connectivity index (χ1n) is 2.41. The van der Waals surface area contributed by atoms with Gasteiger partial charge in [-0.25, -0.2) is 0 Å². The van der Waals surface area contributed by atoms with E-state index < -0.39 is 0 Å². The first kappa shape index (κ1) is 6.92. The third-order valence-electron chi connectivity index (χ3n) is 0.763. The lowest BCUT2D eigenvalue weighted by molar-refractivity contribution is 0.119. The maximum absolute atomic E-state index is 8.39. The summed E-state index contributed by atoms with van der Waals surface area (Å²) < 4.78 is 4.73. The predicted molar refractivity (Wildman–Crippen MR) is 28.1 cm³/mol. The standard InChI is InChI=1S/C5H12O2/c1-5(3-6)4-7-2/h5-6H,3-4H2,1-2H3/t5-/m0/s1. The molecular formula is C5H12O2. The van der Waals surface area contributed by atoms with Gasteiger partial charge in [-0.2, -0.15) is 0 Å². The van der Waals surface area contributed by atoms with Crippen molar-refractivity contribution in [1.82, 2.24) is 0 Å². The summed E-state index contributed by atoms with van der Waals surface area (Å²) in [4.78, 5) is 0. The Labute approximate surface area is 44.1 Å². The van der Waals surface area contributed by atoms with Crippen molar-refractivity contribution in [2.75, 3.05) is 20.3 Å². The van der Waals surface area contributed by atoms with Gasteiger partial charge in [0.05, 0.1) is 6.61 Å². The first-order chi connectivity index (χ1) is 3.31. The van der Waals surface area contributed by atoms with E-state index in [0.29, 0.717) is 6.61 Å². The van der Waals surface area contributed by atoms with Crippen molar-refractivity contribution in [2.45, 2.75) is 6.92 Å². The summed E-state index contributed by atoms with van der Waals surface area (Å²) in [6.07, 6.45) is 0. The fourth-order valence-electron chi connectivity index (χ4n) is 0.337. The minimum Gasteiger partial charge on any atom is -0.396 e. The van der Waals surface area contributed by atoms with E-state index in [1.165, 1.54) is 0 Å².